The van der Waals surface area contributed by atoms with Gasteiger partial charge in [-0.15, -0.1) is 0 Å². The average Bonchev–Trinajstić information content (AvgIpc) is 3.40. The minimum atomic E-state index is -0.000841. The number of halogens is 1. The number of hydrogen-bond donors (Lipinski definition) is 1. The van der Waals surface area contributed by atoms with Crippen molar-refractivity contribution in [2.75, 3.05) is 6.54 Å². The van der Waals surface area contributed by atoms with E-state index < -0.39 is 0 Å². The van der Waals surface area contributed by atoms with Crippen LogP contribution in [-0.4, -0.2) is 23.5 Å². The number of carbonyl (C=O) groups is 1. The SMILES string of the molecule is CC(C)N(Cc1ccccc1)C(=O)NCC1(c2ccc(Cl)cc2)CC1. The summed E-state index contributed by atoms with van der Waals surface area (Å²) in [7, 11) is 0. The Morgan fingerprint density at radius 2 is 1.76 bits per heavy atom. The summed E-state index contributed by atoms with van der Waals surface area (Å²) in [4.78, 5) is 14.6. The lowest BCUT2D eigenvalue weighted by Gasteiger charge is -2.28. The van der Waals surface area contributed by atoms with E-state index in [1.807, 2.05) is 35.2 Å². The highest BCUT2D eigenvalue weighted by Crippen LogP contribution is 2.47. The van der Waals surface area contributed by atoms with Crippen molar-refractivity contribution in [3.63, 3.8) is 0 Å². The number of nitrogens with one attached hydrogen (secondary N) is 1. The summed E-state index contributed by atoms with van der Waals surface area (Å²) in [5, 5.41) is 3.90. The Morgan fingerprint density at radius 3 is 2.32 bits per heavy atom. The second-order valence-electron chi connectivity index (χ2n) is 7.15. The summed E-state index contributed by atoms with van der Waals surface area (Å²) < 4.78 is 0. The molecule has 0 atom stereocenters. The number of nitrogens with zero attached hydrogens (tertiary/aromatic N) is 1. The quantitative estimate of drug-likeness (QED) is 0.776. The molecule has 0 aliphatic heterocycles. The number of carbonyl (C=O) groups excluding carboxylic acids is 1. The van der Waals surface area contributed by atoms with E-state index in [1.165, 1.54) is 5.56 Å². The molecular weight excluding hydrogens is 332 g/mol. The lowest BCUT2D eigenvalue weighted by atomic mass is 9.96. The summed E-state index contributed by atoms with van der Waals surface area (Å²) in [6.07, 6.45) is 2.21. The third-order valence-electron chi connectivity index (χ3n) is 4.97. The highest BCUT2D eigenvalue weighted by molar-refractivity contribution is 6.30. The van der Waals surface area contributed by atoms with Crippen LogP contribution in [0.15, 0.2) is 54.6 Å². The molecule has 1 aliphatic carbocycles. The van der Waals surface area contributed by atoms with Crippen LogP contribution in [0.25, 0.3) is 0 Å². The Labute approximate surface area is 155 Å². The van der Waals surface area contributed by atoms with Crippen molar-refractivity contribution in [2.24, 2.45) is 0 Å². The van der Waals surface area contributed by atoms with Gasteiger partial charge in [0.05, 0.1) is 0 Å². The molecule has 0 bridgehead atoms. The van der Waals surface area contributed by atoms with Crippen LogP contribution in [0, 0.1) is 0 Å². The number of amides is 2. The standard InChI is InChI=1S/C21H25ClN2O/c1-16(2)24(14-17-6-4-3-5-7-17)20(25)23-15-21(12-13-21)18-8-10-19(22)11-9-18/h3-11,16H,12-15H2,1-2H3,(H,23,25). The molecule has 1 fully saturated rings. The van der Waals surface area contributed by atoms with E-state index in [0.29, 0.717) is 13.1 Å². The van der Waals surface area contributed by atoms with Crippen molar-refractivity contribution < 1.29 is 4.79 Å². The van der Waals surface area contributed by atoms with Crippen LogP contribution in [0.2, 0.25) is 5.02 Å². The van der Waals surface area contributed by atoms with Gasteiger partial charge in [-0.2, -0.15) is 0 Å². The van der Waals surface area contributed by atoms with Gasteiger partial charge in [-0.05, 0) is 49.9 Å². The molecule has 1 N–H and O–H groups in total. The molecule has 0 saturated heterocycles. The molecule has 0 unspecified atom stereocenters. The molecule has 0 aromatic heterocycles. The summed E-state index contributed by atoms with van der Waals surface area (Å²) >= 11 is 5.99. The van der Waals surface area contributed by atoms with Crippen molar-refractivity contribution in [3.05, 3.63) is 70.7 Å². The zero-order chi connectivity index (χ0) is 17.9. The van der Waals surface area contributed by atoms with Gasteiger partial charge in [0.25, 0.3) is 0 Å². The van der Waals surface area contributed by atoms with Crippen molar-refractivity contribution in [3.8, 4) is 0 Å². The summed E-state index contributed by atoms with van der Waals surface area (Å²) in [6.45, 7) is 5.40. The lowest BCUT2D eigenvalue weighted by Crippen LogP contribution is -2.45. The number of urea groups is 1. The zero-order valence-corrected chi connectivity index (χ0v) is 15.6. The second kappa shape index (κ2) is 7.49. The smallest absolute Gasteiger partial charge is 0.317 e. The molecule has 2 aromatic rings. The van der Waals surface area contributed by atoms with E-state index in [-0.39, 0.29) is 17.5 Å². The molecule has 1 saturated carbocycles. The van der Waals surface area contributed by atoms with Gasteiger partial charge in [0, 0.05) is 29.6 Å². The van der Waals surface area contributed by atoms with Gasteiger partial charge >= 0.3 is 6.03 Å². The third-order valence-corrected chi connectivity index (χ3v) is 5.22. The first-order valence-corrected chi connectivity index (χ1v) is 9.22. The van der Waals surface area contributed by atoms with Crippen molar-refractivity contribution in [2.45, 2.75) is 44.7 Å². The predicted molar refractivity (Wildman–Crippen MR) is 103 cm³/mol. The fraction of sp³-hybridized carbons (Fsp3) is 0.381. The largest absolute Gasteiger partial charge is 0.337 e. The highest BCUT2D eigenvalue weighted by Gasteiger charge is 2.44. The van der Waals surface area contributed by atoms with E-state index in [2.05, 4.69) is 43.4 Å². The maximum atomic E-state index is 12.7. The summed E-state index contributed by atoms with van der Waals surface area (Å²) in [5.74, 6) is 0. The summed E-state index contributed by atoms with van der Waals surface area (Å²) in [5.41, 5.74) is 2.48. The van der Waals surface area contributed by atoms with E-state index >= 15 is 0 Å². The molecule has 25 heavy (non-hydrogen) atoms. The van der Waals surface area contributed by atoms with Crippen LogP contribution < -0.4 is 5.32 Å². The second-order valence-corrected chi connectivity index (χ2v) is 7.59. The molecule has 132 valence electrons. The first-order valence-electron chi connectivity index (χ1n) is 8.85. The molecule has 0 heterocycles. The molecule has 2 amide bonds. The van der Waals surface area contributed by atoms with Gasteiger partial charge in [-0.3, -0.25) is 0 Å². The van der Waals surface area contributed by atoms with Crippen molar-refractivity contribution in [1.82, 2.24) is 10.2 Å². The molecule has 0 spiro atoms. The van der Waals surface area contributed by atoms with Gasteiger partial charge in [-0.1, -0.05) is 54.1 Å². The third kappa shape index (κ3) is 4.35. The van der Waals surface area contributed by atoms with Gasteiger partial charge in [-0.25, -0.2) is 4.79 Å². The van der Waals surface area contributed by atoms with Crippen LogP contribution in [0.4, 0.5) is 4.79 Å². The predicted octanol–water partition coefficient (Wildman–Crippen LogP) is 4.99. The maximum Gasteiger partial charge on any atom is 0.317 e. The minimum Gasteiger partial charge on any atom is -0.337 e. The topological polar surface area (TPSA) is 32.3 Å². The van der Waals surface area contributed by atoms with Gasteiger partial charge in [0.15, 0.2) is 0 Å². The van der Waals surface area contributed by atoms with Crippen LogP contribution in [0.3, 0.4) is 0 Å². The maximum absolute atomic E-state index is 12.7. The van der Waals surface area contributed by atoms with Crippen LogP contribution >= 0.6 is 11.6 Å². The Kier molecular flexibility index (Phi) is 5.33. The van der Waals surface area contributed by atoms with Crippen LogP contribution in [-0.2, 0) is 12.0 Å². The molecule has 4 heteroatoms. The van der Waals surface area contributed by atoms with E-state index in [4.69, 9.17) is 11.6 Å². The highest BCUT2D eigenvalue weighted by atomic mass is 35.5. The number of benzene rings is 2. The molecule has 1 aliphatic rings. The summed E-state index contributed by atoms with van der Waals surface area (Å²) in [6, 6.07) is 18.3. The molecule has 2 aromatic carbocycles. The van der Waals surface area contributed by atoms with E-state index in [9.17, 15) is 4.79 Å². The first-order chi connectivity index (χ1) is 12.0. The zero-order valence-electron chi connectivity index (χ0n) is 14.8. The molecular formula is C21H25ClN2O. The van der Waals surface area contributed by atoms with Gasteiger partial charge in [0.2, 0.25) is 0 Å². The van der Waals surface area contributed by atoms with Gasteiger partial charge < -0.3 is 10.2 Å². The number of hydrogen-bond acceptors (Lipinski definition) is 1. The van der Waals surface area contributed by atoms with Crippen molar-refractivity contribution >= 4 is 17.6 Å². The Balaban J connectivity index is 1.63. The van der Waals surface area contributed by atoms with Crippen LogP contribution in [0.1, 0.15) is 37.8 Å². The molecule has 3 rings (SSSR count). The minimum absolute atomic E-state index is 0.000841. The van der Waals surface area contributed by atoms with Gasteiger partial charge in [0.1, 0.15) is 0 Å². The Hall–Kier alpha value is -2.00. The fourth-order valence-electron chi connectivity index (χ4n) is 3.14. The first kappa shape index (κ1) is 17.8. The Morgan fingerprint density at radius 1 is 1.12 bits per heavy atom. The van der Waals surface area contributed by atoms with E-state index in [1.54, 1.807) is 0 Å². The van der Waals surface area contributed by atoms with E-state index in [0.717, 1.165) is 23.4 Å². The Bertz CT molecular complexity index is 708. The van der Waals surface area contributed by atoms with Crippen molar-refractivity contribution in [1.29, 1.82) is 0 Å². The monoisotopic (exact) mass is 356 g/mol. The normalized spacial score (nSPS) is 15.0. The lowest BCUT2D eigenvalue weighted by molar-refractivity contribution is 0.179. The molecule has 3 nitrogen and oxygen atoms in total. The molecule has 0 radical (unpaired) electrons. The number of rotatable bonds is 6. The average molecular weight is 357 g/mol. The van der Waals surface area contributed by atoms with Crippen LogP contribution in [0.5, 0.6) is 0 Å². The fourth-order valence-corrected chi connectivity index (χ4v) is 3.26.